The Kier molecular flexibility index (Phi) is 6.62. The second kappa shape index (κ2) is 9.49. The maximum atomic E-state index is 13.1. The van der Waals surface area contributed by atoms with Crippen LogP contribution in [0.25, 0.3) is 0 Å². The largest absolute Gasteiger partial charge is 0.481 e. The number of hydrogen-bond donors (Lipinski definition) is 2. The predicted octanol–water partition coefficient (Wildman–Crippen LogP) is 3.86. The second-order valence-electron chi connectivity index (χ2n) is 9.09. The molecule has 1 fully saturated rings. The Morgan fingerprint density at radius 3 is 2.51 bits per heavy atom. The first-order valence-corrected chi connectivity index (χ1v) is 12.6. The average Bonchev–Trinajstić information content (AvgIpc) is 3.10. The fraction of sp³-hybridized carbons (Fsp3) is 0.333. The smallest absolute Gasteiger partial charge is 0.281 e. The van der Waals surface area contributed by atoms with Gasteiger partial charge in [-0.2, -0.15) is 13.4 Å². The van der Waals surface area contributed by atoms with E-state index in [1.165, 1.54) is 19.2 Å². The van der Waals surface area contributed by atoms with Gasteiger partial charge in [0.2, 0.25) is 5.88 Å². The summed E-state index contributed by atoms with van der Waals surface area (Å²) in [4.78, 5) is 28.0. The SMILES string of the molecule is COc1cccc(Nc2cccc(S(=O)(=O)NC(=O)c3cccnc3N3CC(C)CC3(C)C)n2)n1.[HH].[HH]. The highest BCUT2D eigenvalue weighted by molar-refractivity contribution is 7.90. The van der Waals surface area contributed by atoms with Crippen LogP contribution < -0.4 is 19.7 Å². The molecule has 10 nitrogen and oxygen atoms in total. The Morgan fingerprint density at radius 1 is 1.11 bits per heavy atom. The highest BCUT2D eigenvalue weighted by Gasteiger charge is 2.39. The molecule has 188 valence electrons. The number of methoxy groups -OCH3 is 1. The standard InChI is InChI=1S/C24H28N6O4S.2H2/c1-16-14-24(2,3)30(15-16)22-17(8-7-13-25-22)23(31)29-35(32,33)21-12-6-10-19(28-21)26-18-9-5-11-20(27-18)34-4;;/h5-13,16H,14-15H2,1-4H3,(H,29,31)(H,26,27,28);2*1H. The molecule has 1 atom stereocenters. The van der Waals surface area contributed by atoms with E-state index in [1.54, 1.807) is 42.6 Å². The summed E-state index contributed by atoms with van der Waals surface area (Å²) >= 11 is 0. The van der Waals surface area contributed by atoms with E-state index in [9.17, 15) is 13.2 Å². The Bertz CT molecular complexity index is 1360. The Labute approximate surface area is 207 Å². The molecule has 1 aliphatic heterocycles. The van der Waals surface area contributed by atoms with Crippen molar-refractivity contribution in [3.8, 4) is 5.88 Å². The minimum Gasteiger partial charge on any atom is -0.481 e. The third-order valence-electron chi connectivity index (χ3n) is 5.77. The van der Waals surface area contributed by atoms with Crippen LogP contribution in [0, 0.1) is 5.92 Å². The summed E-state index contributed by atoms with van der Waals surface area (Å²) in [6.45, 7) is 7.04. The maximum absolute atomic E-state index is 13.1. The summed E-state index contributed by atoms with van der Waals surface area (Å²) in [7, 11) is -2.76. The van der Waals surface area contributed by atoms with Crippen molar-refractivity contribution in [2.45, 2.75) is 37.8 Å². The normalized spacial score (nSPS) is 17.1. The molecule has 2 N–H and O–H groups in total. The number of hydrogen-bond acceptors (Lipinski definition) is 9. The third kappa shape index (κ3) is 5.35. The number of sulfonamides is 1. The number of nitrogens with zero attached hydrogens (tertiary/aromatic N) is 4. The first-order chi connectivity index (χ1) is 16.6. The minimum absolute atomic E-state index is 0. The van der Waals surface area contributed by atoms with Crippen LogP contribution in [0.5, 0.6) is 5.88 Å². The fourth-order valence-electron chi connectivity index (χ4n) is 4.34. The van der Waals surface area contributed by atoms with Crippen molar-refractivity contribution in [1.29, 1.82) is 0 Å². The lowest BCUT2D eigenvalue weighted by Crippen LogP contribution is -2.41. The summed E-state index contributed by atoms with van der Waals surface area (Å²) in [5.41, 5.74) is -0.0229. The number of ether oxygens (including phenoxy) is 1. The number of aromatic nitrogens is 3. The van der Waals surface area contributed by atoms with Crippen LogP contribution in [-0.2, 0) is 10.0 Å². The van der Waals surface area contributed by atoms with E-state index in [2.05, 4.69) is 50.7 Å². The van der Waals surface area contributed by atoms with Crippen LogP contribution in [-0.4, -0.2) is 48.5 Å². The van der Waals surface area contributed by atoms with E-state index >= 15 is 0 Å². The first-order valence-electron chi connectivity index (χ1n) is 11.1. The summed E-state index contributed by atoms with van der Waals surface area (Å²) in [5.74, 6) is 1.19. The van der Waals surface area contributed by atoms with Crippen LogP contribution >= 0.6 is 0 Å². The Hall–Kier alpha value is -3.73. The summed E-state index contributed by atoms with van der Waals surface area (Å²) < 4.78 is 33.3. The van der Waals surface area contributed by atoms with Crippen molar-refractivity contribution in [2.75, 3.05) is 23.9 Å². The zero-order valence-electron chi connectivity index (χ0n) is 20.0. The molecular weight excluding hydrogens is 468 g/mol. The van der Waals surface area contributed by atoms with E-state index in [-0.39, 0.29) is 24.8 Å². The van der Waals surface area contributed by atoms with Gasteiger partial charge in [-0.05, 0) is 56.5 Å². The van der Waals surface area contributed by atoms with Gasteiger partial charge in [-0.25, -0.2) is 14.7 Å². The number of amides is 1. The Balaban J connectivity index is 0.00000241. The molecule has 1 unspecified atom stereocenters. The number of anilines is 3. The van der Waals surface area contributed by atoms with Crippen LogP contribution in [0.4, 0.5) is 17.5 Å². The van der Waals surface area contributed by atoms with Gasteiger partial charge in [0.15, 0.2) is 5.03 Å². The summed E-state index contributed by atoms with van der Waals surface area (Å²) in [6, 6.07) is 12.7. The fourth-order valence-corrected chi connectivity index (χ4v) is 5.28. The van der Waals surface area contributed by atoms with Crippen molar-refractivity contribution in [3.63, 3.8) is 0 Å². The molecule has 3 aromatic heterocycles. The van der Waals surface area contributed by atoms with Crippen molar-refractivity contribution in [3.05, 3.63) is 60.3 Å². The van der Waals surface area contributed by atoms with Gasteiger partial charge in [0, 0.05) is 27.2 Å². The number of carbonyl (C=O) groups excluding carboxylic acids is 1. The van der Waals surface area contributed by atoms with Gasteiger partial charge in [-0.1, -0.05) is 19.1 Å². The van der Waals surface area contributed by atoms with E-state index in [4.69, 9.17) is 4.74 Å². The zero-order chi connectivity index (χ0) is 25.2. The molecule has 35 heavy (non-hydrogen) atoms. The molecule has 0 aromatic carbocycles. The average molecular weight is 501 g/mol. The zero-order valence-corrected chi connectivity index (χ0v) is 20.8. The molecule has 0 aliphatic carbocycles. The molecule has 4 rings (SSSR count). The minimum atomic E-state index is -4.26. The predicted molar refractivity (Wildman–Crippen MR) is 137 cm³/mol. The van der Waals surface area contributed by atoms with Crippen LogP contribution in [0.15, 0.2) is 59.8 Å². The van der Waals surface area contributed by atoms with Crippen molar-refractivity contribution >= 4 is 33.4 Å². The Morgan fingerprint density at radius 2 is 1.83 bits per heavy atom. The van der Waals surface area contributed by atoms with Crippen molar-refractivity contribution < 1.29 is 20.8 Å². The molecule has 1 aliphatic rings. The molecule has 1 saturated heterocycles. The molecule has 0 spiro atoms. The molecule has 0 bridgehead atoms. The quantitative estimate of drug-likeness (QED) is 0.497. The van der Waals surface area contributed by atoms with Gasteiger partial charge >= 0.3 is 0 Å². The molecule has 11 heteroatoms. The lowest BCUT2D eigenvalue weighted by molar-refractivity contribution is 0.0981. The lowest BCUT2D eigenvalue weighted by Gasteiger charge is -2.33. The van der Waals surface area contributed by atoms with Gasteiger partial charge in [0.25, 0.3) is 15.9 Å². The van der Waals surface area contributed by atoms with Crippen LogP contribution in [0.2, 0.25) is 0 Å². The molecule has 1 amide bonds. The third-order valence-corrected chi connectivity index (χ3v) is 7.01. The van der Waals surface area contributed by atoms with Gasteiger partial charge in [-0.15, -0.1) is 0 Å². The van der Waals surface area contributed by atoms with E-state index in [0.717, 1.165) is 13.0 Å². The van der Waals surface area contributed by atoms with Gasteiger partial charge in [-0.3, -0.25) is 4.79 Å². The first kappa shape index (κ1) is 24.4. The highest BCUT2D eigenvalue weighted by atomic mass is 32.2. The van der Waals surface area contributed by atoms with Gasteiger partial charge in [0.05, 0.1) is 12.7 Å². The van der Waals surface area contributed by atoms with Gasteiger partial charge in [0.1, 0.15) is 17.5 Å². The lowest BCUT2D eigenvalue weighted by atomic mass is 9.97. The molecule has 0 radical (unpaired) electrons. The molecular formula is C24H32N6O4S. The number of nitrogens with one attached hydrogen (secondary N) is 2. The van der Waals surface area contributed by atoms with Crippen LogP contribution in [0.1, 0.15) is 40.4 Å². The van der Waals surface area contributed by atoms with E-state index in [1.807, 2.05) is 0 Å². The van der Waals surface area contributed by atoms with Crippen molar-refractivity contribution in [2.24, 2.45) is 5.92 Å². The summed E-state index contributed by atoms with van der Waals surface area (Å²) in [5, 5.41) is 2.63. The van der Waals surface area contributed by atoms with Gasteiger partial charge < -0.3 is 15.0 Å². The number of rotatable bonds is 7. The van der Waals surface area contributed by atoms with Crippen LogP contribution in [0.3, 0.4) is 0 Å². The molecule has 4 heterocycles. The van der Waals surface area contributed by atoms with E-state index in [0.29, 0.717) is 23.4 Å². The number of pyridine rings is 3. The molecule has 3 aromatic rings. The summed E-state index contributed by atoms with van der Waals surface area (Å²) in [6.07, 6.45) is 2.54. The van der Waals surface area contributed by atoms with Crippen molar-refractivity contribution in [1.82, 2.24) is 19.7 Å². The maximum Gasteiger partial charge on any atom is 0.281 e. The monoisotopic (exact) mass is 500 g/mol. The second-order valence-corrected chi connectivity index (χ2v) is 10.7. The highest BCUT2D eigenvalue weighted by Crippen LogP contribution is 2.37. The topological polar surface area (TPSA) is 126 Å². The van der Waals surface area contributed by atoms with E-state index < -0.39 is 15.9 Å². The number of carbonyl (C=O) groups is 1. The molecule has 0 saturated carbocycles.